The van der Waals surface area contributed by atoms with Gasteiger partial charge in [-0.3, -0.25) is 25.0 Å². The van der Waals surface area contributed by atoms with Gasteiger partial charge in [-0.05, 0) is 82.9 Å². The Morgan fingerprint density at radius 2 is 1.76 bits per heavy atom. The Balaban J connectivity index is 1.64. The molecule has 1 aliphatic rings. The summed E-state index contributed by atoms with van der Waals surface area (Å²) in [4.78, 5) is 49.7. The number of aryl methyl sites for hydroxylation is 1. The largest absolute Gasteiger partial charge is 0.490 e. The van der Waals surface area contributed by atoms with Crippen molar-refractivity contribution in [3.63, 3.8) is 0 Å². The van der Waals surface area contributed by atoms with Crippen LogP contribution in [0, 0.1) is 17.0 Å². The molecule has 0 aliphatic carbocycles. The number of hydrogen-bond donors (Lipinski definition) is 1. The van der Waals surface area contributed by atoms with E-state index in [2.05, 4.69) is 21.2 Å². The van der Waals surface area contributed by atoms with Gasteiger partial charge in [0.1, 0.15) is 12.2 Å². The molecule has 194 valence electrons. The van der Waals surface area contributed by atoms with Crippen LogP contribution in [0.5, 0.6) is 11.5 Å². The van der Waals surface area contributed by atoms with E-state index in [-0.39, 0.29) is 17.9 Å². The number of nitrogens with one attached hydrogen (secondary N) is 1. The summed E-state index contributed by atoms with van der Waals surface area (Å²) in [5.74, 6) is -0.826. The summed E-state index contributed by atoms with van der Waals surface area (Å²) in [6, 6.07) is 15.3. The first kappa shape index (κ1) is 26.6. The van der Waals surface area contributed by atoms with Crippen LogP contribution in [-0.4, -0.2) is 29.4 Å². The molecule has 0 saturated carbocycles. The first-order chi connectivity index (χ1) is 18.2. The van der Waals surface area contributed by atoms with Crippen LogP contribution in [-0.2, 0) is 16.2 Å². The molecule has 38 heavy (non-hydrogen) atoms. The average molecular weight is 580 g/mol. The zero-order valence-corrected chi connectivity index (χ0v) is 22.0. The lowest BCUT2D eigenvalue weighted by molar-refractivity contribution is -0.384. The maximum Gasteiger partial charge on any atom is 0.335 e. The van der Waals surface area contributed by atoms with Crippen LogP contribution in [0.3, 0.4) is 0 Å². The second-order valence-corrected chi connectivity index (χ2v) is 9.07. The summed E-state index contributed by atoms with van der Waals surface area (Å²) in [5, 5.41) is 13.1. The number of carbonyl (C=O) groups is 3. The smallest absolute Gasteiger partial charge is 0.335 e. The maximum absolute atomic E-state index is 13.3. The zero-order chi connectivity index (χ0) is 27.4. The molecule has 1 aliphatic heterocycles. The number of nitro groups is 1. The van der Waals surface area contributed by atoms with Crippen LogP contribution in [0.25, 0.3) is 6.08 Å². The Hall–Kier alpha value is -4.51. The van der Waals surface area contributed by atoms with E-state index in [1.807, 2.05) is 0 Å². The van der Waals surface area contributed by atoms with Crippen molar-refractivity contribution in [3.8, 4) is 11.5 Å². The van der Waals surface area contributed by atoms with Gasteiger partial charge in [0.15, 0.2) is 11.5 Å². The number of urea groups is 1. The minimum absolute atomic E-state index is 0.0219. The molecule has 0 bridgehead atoms. The number of rotatable bonds is 8. The molecule has 4 amide bonds. The van der Waals surface area contributed by atoms with E-state index in [1.54, 1.807) is 62.4 Å². The molecule has 0 atom stereocenters. The van der Waals surface area contributed by atoms with Crippen molar-refractivity contribution < 1.29 is 28.8 Å². The van der Waals surface area contributed by atoms with Crippen molar-refractivity contribution in [1.82, 2.24) is 5.32 Å². The molecule has 10 nitrogen and oxygen atoms in total. The highest BCUT2D eigenvalue weighted by Crippen LogP contribution is 2.38. The van der Waals surface area contributed by atoms with Gasteiger partial charge in [-0.15, -0.1) is 0 Å². The first-order valence-electron chi connectivity index (χ1n) is 11.5. The minimum Gasteiger partial charge on any atom is -0.490 e. The Kier molecular flexibility index (Phi) is 7.87. The summed E-state index contributed by atoms with van der Waals surface area (Å²) in [5.41, 5.74) is 2.00. The molecule has 1 fully saturated rings. The van der Waals surface area contributed by atoms with E-state index in [0.717, 1.165) is 4.90 Å². The fraction of sp³-hybridized carbons (Fsp3) is 0.148. The standard InChI is InChI=1S/C27H22BrN3O7/c1-3-37-23-14-18(13-21(28)24(23)38-15-17-8-10-19(11-9-17)31(35)36)12-20-25(32)29-27(34)30(26(20)33)22-7-5-4-6-16(22)2/h4-14H,3,15H2,1-2H3,(H,29,32,34)/b20-12+. The number of amides is 4. The van der Waals surface area contributed by atoms with Gasteiger partial charge in [0.25, 0.3) is 17.5 Å². The number of benzene rings is 3. The molecule has 1 saturated heterocycles. The normalized spacial score (nSPS) is 14.4. The molecular weight excluding hydrogens is 558 g/mol. The van der Waals surface area contributed by atoms with Crippen LogP contribution in [0.4, 0.5) is 16.2 Å². The Morgan fingerprint density at radius 1 is 1.05 bits per heavy atom. The molecule has 0 unspecified atom stereocenters. The lowest BCUT2D eigenvalue weighted by Gasteiger charge is -2.27. The summed E-state index contributed by atoms with van der Waals surface area (Å²) in [7, 11) is 0. The number of imide groups is 2. The summed E-state index contributed by atoms with van der Waals surface area (Å²) >= 11 is 3.46. The van der Waals surface area contributed by atoms with E-state index in [1.165, 1.54) is 18.2 Å². The van der Waals surface area contributed by atoms with Gasteiger partial charge in [-0.2, -0.15) is 0 Å². The van der Waals surface area contributed by atoms with Gasteiger partial charge in [-0.1, -0.05) is 18.2 Å². The van der Waals surface area contributed by atoms with Crippen molar-refractivity contribution in [1.29, 1.82) is 0 Å². The van der Waals surface area contributed by atoms with Gasteiger partial charge in [-0.25, -0.2) is 9.69 Å². The van der Waals surface area contributed by atoms with Gasteiger partial charge in [0, 0.05) is 12.1 Å². The summed E-state index contributed by atoms with van der Waals surface area (Å²) < 4.78 is 12.2. The zero-order valence-electron chi connectivity index (χ0n) is 20.4. The second-order valence-electron chi connectivity index (χ2n) is 8.22. The molecule has 11 heteroatoms. The molecular formula is C27H22BrN3O7. The molecule has 3 aromatic rings. The molecule has 1 N–H and O–H groups in total. The van der Waals surface area contributed by atoms with E-state index in [9.17, 15) is 24.5 Å². The molecule has 0 radical (unpaired) electrons. The van der Waals surface area contributed by atoms with E-state index >= 15 is 0 Å². The second kappa shape index (κ2) is 11.3. The lowest BCUT2D eigenvalue weighted by atomic mass is 10.1. The number of anilines is 1. The monoisotopic (exact) mass is 579 g/mol. The molecule has 0 spiro atoms. The molecule has 4 rings (SSSR count). The Morgan fingerprint density at radius 3 is 2.42 bits per heavy atom. The van der Waals surface area contributed by atoms with Crippen LogP contribution in [0.15, 0.2) is 70.7 Å². The third kappa shape index (κ3) is 5.57. The van der Waals surface area contributed by atoms with Crippen LogP contribution in [0.2, 0.25) is 0 Å². The quantitative estimate of drug-likeness (QED) is 0.166. The molecule has 3 aromatic carbocycles. The Bertz CT molecular complexity index is 1470. The molecule has 1 heterocycles. The first-order valence-corrected chi connectivity index (χ1v) is 12.3. The van der Waals surface area contributed by atoms with Crippen molar-refractivity contribution in [2.24, 2.45) is 0 Å². The number of para-hydroxylation sites is 1. The summed E-state index contributed by atoms with van der Waals surface area (Å²) in [6.45, 7) is 3.99. The van der Waals surface area contributed by atoms with E-state index in [4.69, 9.17) is 9.47 Å². The average Bonchev–Trinajstić information content (AvgIpc) is 2.87. The van der Waals surface area contributed by atoms with Crippen molar-refractivity contribution in [2.75, 3.05) is 11.5 Å². The van der Waals surface area contributed by atoms with Crippen LogP contribution >= 0.6 is 15.9 Å². The maximum atomic E-state index is 13.3. The van der Waals surface area contributed by atoms with Gasteiger partial charge < -0.3 is 9.47 Å². The SMILES string of the molecule is CCOc1cc(/C=C2\C(=O)NC(=O)N(c3ccccc3C)C2=O)cc(Br)c1OCc1ccc([N+](=O)[O-])cc1. The van der Waals surface area contributed by atoms with Gasteiger partial charge in [0.2, 0.25) is 0 Å². The third-order valence-electron chi connectivity index (χ3n) is 5.63. The number of carbonyl (C=O) groups excluding carboxylic acids is 3. The lowest BCUT2D eigenvalue weighted by Crippen LogP contribution is -2.54. The number of barbiturate groups is 1. The highest BCUT2D eigenvalue weighted by molar-refractivity contribution is 9.10. The number of nitrogens with zero attached hydrogens (tertiary/aromatic N) is 2. The number of halogens is 1. The summed E-state index contributed by atoms with van der Waals surface area (Å²) in [6.07, 6.45) is 1.38. The van der Waals surface area contributed by atoms with Crippen molar-refractivity contribution in [3.05, 3.63) is 97.5 Å². The number of nitro benzene ring substituents is 1. The predicted molar refractivity (Wildman–Crippen MR) is 143 cm³/mol. The highest BCUT2D eigenvalue weighted by atomic mass is 79.9. The molecule has 0 aromatic heterocycles. The van der Waals surface area contributed by atoms with Gasteiger partial charge in [0.05, 0.1) is 21.7 Å². The minimum atomic E-state index is -0.822. The third-order valence-corrected chi connectivity index (χ3v) is 6.22. The highest BCUT2D eigenvalue weighted by Gasteiger charge is 2.37. The van der Waals surface area contributed by atoms with Crippen molar-refractivity contribution >= 4 is 51.2 Å². The Labute approximate surface area is 226 Å². The number of ether oxygens (including phenoxy) is 2. The van der Waals surface area contributed by atoms with Crippen LogP contribution in [0.1, 0.15) is 23.6 Å². The van der Waals surface area contributed by atoms with E-state index in [0.29, 0.717) is 45.0 Å². The fourth-order valence-corrected chi connectivity index (χ4v) is 4.38. The fourth-order valence-electron chi connectivity index (χ4n) is 3.80. The topological polar surface area (TPSA) is 128 Å². The van der Waals surface area contributed by atoms with Crippen molar-refractivity contribution in [2.45, 2.75) is 20.5 Å². The number of non-ortho nitro benzene ring substituents is 1. The van der Waals surface area contributed by atoms with Gasteiger partial charge >= 0.3 is 6.03 Å². The number of hydrogen-bond acceptors (Lipinski definition) is 7. The van der Waals surface area contributed by atoms with E-state index < -0.39 is 22.8 Å². The van der Waals surface area contributed by atoms with Crippen LogP contribution < -0.4 is 19.7 Å². The predicted octanol–water partition coefficient (Wildman–Crippen LogP) is 5.31.